The monoisotopic (exact) mass is 408 g/mol. The molecule has 0 bridgehead atoms. The van der Waals surface area contributed by atoms with Gasteiger partial charge in [0.2, 0.25) is 5.91 Å². The van der Waals surface area contributed by atoms with Crippen molar-refractivity contribution in [3.05, 3.63) is 42.7 Å². The van der Waals surface area contributed by atoms with Crippen LogP contribution in [0.15, 0.2) is 42.7 Å². The summed E-state index contributed by atoms with van der Waals surface area (Å²) in [5.74, 6) is 2.68. The molecule has 0 N–H and O–H groups in total. The van der Waals surface area contributed by atoms with Gasteiger partial charge in [0.25, 0.3) is 0 Å². The third kappa shape index (κ3) is 4.76. The summed E-state index contributed by atoms with van der Waals surface area (Å²) in [6.45, 7) is 6.14. The number of likely N-dealkylation sites (tertiary alicyclic amines) is 1. The van der Waals surface area contributed by atoms with E-state index in [1.54, 1.807) is 0 Å². The van der Waals surface area contributed by atoms with Crippen molar-refractivity contribution in [2.75, 3.05) is 39.3 Å². The number of rotatable bonds is 7. The number of amides is 1. The van der Waals surface area contributed by atoms with E-state index >= 15 is 0 Å². The predicted octanol–water partition coefficient (Wildman–Crippen LogP) is 2.90. The molecule has 3 heterocycles. The Bertz CT molecular complexity index is 840. The first-order valence-corrected chi connectivity index (χ1v) is 11.4. The largest absolute Gasteiger partial charge is 0.365 e. The molecule has 3 fully saturated rings. The van der Waals surface area contributed by atoms with E-state index in [1.807, 2.05) is 30.6 Å². The summed E-state index contributed by atoms with van der Waals surface area (Å²) in [4.78, 5) is 21.7. The molecule has 160 valence electrons. The number of hydrogen-bond acceptors (Lipinski definition) is 4. The molecule has 30 heavy (non-hydrogen) atoms. The van der Waals surface area contributed by atoms with Gasteiger partial charge in [0.1, 0.15) is 12.4 Å². The van der Waals surface area contributed by atoms with Crippen LogP contribution in [-0.4, -0.2) is 70.7 Å². The van der Waals surface area contributed by atoms with Crippen LogP contribution in [0.3, 0.4) is 0 Å². The molecule has 1 unspecified atom stereocenters. The zero-order chi connectivity index (χ0) is 20.3. The summed E-state index contributed by atoms with van der Waals surface area (Å²) in [5, 5.41) is 0. The fourth-order valence-electron chi connectivity index (χ4n) is 4.82. The van der Waals surface area contributed by atoms with Gasteiger partial charge < -0.3 is 19.1 Å². The Morgan fingerprint density at radius 3 is 2.50 bits per heavy atom. The quantitative estimate of drug-likeness (QED) is 0.707. The predicted molar refractivity (Wildman–Crippen MR) is 116 cm³/mol. The summed E-state index contributed by atoms with van der Waals surface area (Å²) in [6, 6.07) is 10.2. The normalized spacial score (nSPS) is 23.8. The zero-order valence-corrected chi connectivity index (χ0v) is 17.7. The van der Waals surface area contributed by atoms with Crippen molar-refractivity contribution in [3.63, 3.8) is 0 Å². The summed E-state index contributed by atoms with van der Waals surface area (Å²) >= 11 is 0. The molecule has 1 aliphatic carbocycles. The Morgan fingerprint density at radius 1 is 0.967 bits per heavy atom. The van der Waals surface area contributed by atoms with Crippen molar-refractivity contribution in [3.8, 4) is 11.4 Å². The highest BCUT2D eigenvalue weighted by atomic mass is 16.5. The van der Waals surface area contributed by atoms with Gasteiger partial charge in [-0.15, -0.1) is 0 Å². The maximum absolute atomic E-state index is 12.5. The summed E-state index contributed by atoms with van der Waals surface area (Å²) in [7, 11) is 0. The fourth-order valence-corrected chi connectivity index (χ4v) is 4.82. The van der Waals surface area contributed by atoms with E-state index in [0.717, 1.165) is 23.9 Å². The zero-order valence-electron chi connectivity index (χ0n) is 17.7. The van der Waals surface area contributed by atoms with Gasteiger partial charge in [0, 0.05) is 37.6 Å². The molecule has 1 aromatic heterocycles. The molecule has 1 atom stereocenters. The first kappa shape index (κ1) is 19.8. The second kappa shape index (κ2) is 8.90. The number of piperidine rings is 1. The summed E-state index contributed by atoms with van der Waals surface area (Å²) < 4.78 is 8.04. The number of carbonyl (C=O) groups excluding carboxylic acids is 1. The Labute approximate surface area is 178 Å². The third-order valence-electron chi connectivity index (χ3n) is 6.77. The molecule has 1 amide bonds. The lowest BCUT2D eigenvalue weighted by atomic mass is 9.95. The molecule has 2 aliphatic heterocycles. The lowest BCUT2D eigenvalue weighted by Gasteiger charge is -2.38. The summed E-state index contributed by atoms with van der Waals surface area (Å²) in [5.41, 5.74) is 1.10. The van der Waals surface area contributed by atoms with E-state index in [4.69, 9.17) is 4.74 Å². The lowest BCUT2D eigenvalue weighted by molar-refractivity contribution is -0.150. The minimum absolute atomic E-state index is 0.00863. The Hall–Kier alpha value is -2.18. The van der Waals surface area contributed by atoms with Crippen molar-refractivity contribution < 1.29 is 9.53 Å². The second-order valence-electron chi connectivity index (χ2n) is 9.19. The smallest absolute Gasteiger partial charge is 0.248 e. The van der Waals surface area contributed by atoms with Crippen LogP contribution in [0.25, 0.3) is 11.4 Å². The molecule has 6 nitrogen and oxygen atoms in total. The average Bonchev–Trinajstić information content (AvgIpc) is 3.47. The Balaban J connectivity index is 1.16. The number of ether oxygens (including phenoxy) is 1. The highest BCUT2D eigenvalue weighted by molar-refractivity contribution is 5.78. The van der Waals surface area contributed by atoms with Gasteiger partial charge in [-0.05, 0) is 50.6 Å². The van der Waals surface area contributed by atoms with Gasteiger partial charge in [-0.3, -0.25) is 4.79 Å². The number of aromatic nitrogens is 2. The van der Waals surface area contributed by atoms with Crippen LogP contribution in [0.5, 0.6) is 0 Å². The lowest BCUT2D eigenvalue weighted by Crippen LogP contribution is -2.50. The van der Waals surface area contributed by atoms with E-state index < -0.39 is 0 Å². The van der Waals surface area contributed by atoms with E-state index in [1.165, 1.54) is 45.3 Å². The average molecular weight is 409 g/mol. The van der Waals surface area contributed by atoms with Crippen LogP contribution >= 0.6 is 0 Å². The van der Waals surface area contributed by atoms with Gasteiger partial charge in [0.15, 0.2) is 0 Å². The SMILES string of the molecule is O=C1COC(Cn2ccnc2-c2ccccc2)CN1CC1CCN(CC2CC2)CC1. The number of hydrogen-bond donors (Lipinski definition) is 0. The van der Waals surface area contributed by atoms with E-state index in [0.29, 0.717) is 19.0 Å². The highest BCUT2D eigenvalue weighted by Crippen LogP contribution is 2.31. The molecule has 6 heteroatoms. The van der Waals surface area contributed by atoms with E-state index in [9.17, 15) is 4.79 Å². The van der Waals surface area contributed by atoms with Crippen LogP contribution < -0.4 is 0 Å². The molecule has 3 aliphatic rings. The van der Waals surface area contributed by atoms with E-state index in [-0.39, 0.29) is 18.6 Å². The van der Waals surface area contributed by atoms with Crippen LogP contribution in [0.2, 0.25) is 0 Å². The number of benzene rings is 1. The maximum Gasteiger partial charge on any atom is 0.248 e. The van der Waals surface area contributed by atoms with Gasteiger partial charge in [-0.1, -0.05) is 30.3 Å². The topological polar surface area (TPSA) is 50.6 Å². The van der Waals surface area contributed by atoms with Gasteiger partial charge >= 0.3 is 0 Å². The maximum atomic E-state index is 12.5. The second-order valence-corrected chi connectivity index (χ2v) is 9.19. The first-order chi connectivity index (χ1) is 14.7. The molecule has 5 rings (SSSR count). The molecular formula is C24H32N4O2. The van der Waals surface area contributed by atoms with Crippen molar-refractivity contribution >= 4 is 5.91 Å². The first-order valence-electron chi connectivity index (χ1n) is 11.4. The minimum Gasteiger partial charge on any atom is -0.365 e. The van der Waals surface area contributed by atoms with Crippen LogP contribution in [0.1, 0.15) is 25.7 Å². The standard InChI is InChI=1S/C24H32N4O2/c29-23-18-30-22(16-27-13-10-25-24(27)21-4-2-1-3-5-21)17-28(23)15-20-8-11-26(12-9-20)14-19-6-7-19/h1-5,10,13,19-20,22H,6-9,11-12,14-18H2. The van der Waals surface area contributed by atoms with Crippen LogP contribution in [0.4, 0.5) is 0 Å². The molecule has 0 spiro atoms. The molecule has 0 radical (unpaired) electrons. The number of carbonyl (C=O) groups is 1. The molecular weight excluding hydrogens is 376 g/mol. The third-order valence-corrected chi connectivity index (χ3v) is 6.77. The molecule has 2 saturated heterocycles. The molecule has 2 aromatic rings. The Morgan fingerprint density at radius 2 is 1.73 bits per heavy atom. The van der Waals surface area contributed by atoms with Gasteiger partial charge in [-0.2, -0.15) is 0 Å². The summed E-state index contributed by atoms with van der Waals surface area (Å²) in [6.07, 6.45) is 9.11. The van der Waals surface area contributed by atoms with Crippen LogP contribution in [0, 0.1) is 11.8 Å². The highest BCUT2D eigenvalue weighted by Gasteiger charge is 2.31. The molecule has 1 saturated carbocycles. The fraction of sp³-hybridized carbons (Fsp3) is 0.583. The van der Waals surface area contributed by atoms with Gasteiger partial charge in [-0.25, -0.2) is 4.98 Å². The Kier molecular flexibility index (Phi) is 5.86. The molecule has 1 aromatic carbocycles. The number of imidazole rings is 1. The van der Waals surface area contributed by atoms with Crippen molar-refractivity contribution in [1.29, 1.82) is 0 Å². The van der Waals surface area contributed by atoms with Crippen molar-refractivity contribution in [2.24, 2.45) is 11.8 Å². The van der Waals surface area contributed by atoms with Crippen LogP contribution in [-0.2, 0) is 16.1 Å². The van der Waals surface area contributed by atoms with Gasteiger partial charge in [0.05, 0.1) is 12.6 Å². The van der Waals surface area contributed by atoms with E-state index in [2.05, 4.69) is 31.5 Å². The minimum atomic E-state index is 0.00863. The number of morpholine rings is 1. The number of nitrogens with zero attached hydrogens (tertiary/aromatic N) is 4. The van der Waals surface area contributed by atoms with Crippen molar-refractivity contribution in [1.82, 2.24) is 19.4 Å². The van der Waals surface area contributed by atoms with Crippen molar-refractivity contribution in [2.45, 2.75) is 38.3 Å².